The monoisotopic (exact) mass is 312 g/mol. The average Bonchev–Trinajstić information content (AvgIpc) is 3.10. The van der Waals surface area contributed by atoms with Crippen molar-refractivity contribution < 1.29 is 9.21 Å². The molecule has 0 bridgehead atoms. The molecule has 1 heterocycles. The van der Waals surface area contributed by atoms with Crippen LogP contribution in [0.15, 0.2) is 40.8 Å². The predicted octanol–water partition coefficient (Wildman–Crippen LogP) is 5.09. The van der Waals surface area contributed by atoms with E-state index in [0.29, 0.717) is 5.92 Å². The second kappa shape index (κ2) is 4.95. The number of carbonyl (C=O) groups excluding carboxylic acids is 1. The molecule has 0 amide bonds. The van der Waals surface area contributed by atoms with E-state index in [2.05, 4.69) is 50.0 Å². The average molecular weight is 312 g/mol. The van der Waals surface area contributed by atoms with Crippen LogP contribution < -0.4 is 0 Å². The van der Waals surface area contributed by atoms with Crippen LogP contribution in [0.25, 0.3) is 0 Å². The molecule has 0 radical (unpaired) electrons. The van der Waals surface area contributed by atoms with Gasteiger partial charge in [0, 0.05) is 5.04 Å². The lowest BCUT2D eigenvalue weighted by Crippen LogP contribution is -2.39. The van der Waals surface area contributed by atoms with Gasteiger partial charge in [-0.3, -0.25) is 4.79 Å². The minimum atomic E-state index is -1.51. The van der Waals surface area contributed by atoms with Crippen molar-refractivity contribution in [2.75, 3.05) is 0 Å². The predicted molar refractivity (Wildman–Crippen MR) is 92.3 cm³/mol. The van der Waals surface area contributed by atoms with E-state index in [0.717, 1.165) is 23.5 Å². The Hall–Kier alpha value is -1.61. The molecule has 1 saturated carbocycles. The Labute approximate surface area is 133 Å². The third-order valence-corrected chi connectivity index (χ3v) is 8.71. The molecule has 3 heteroatoms. The van der Waals surface area contributed by atoms with Crippen LogP contribution in [-0.2, 0) is 5.04 Å². The summed E-state index contributed by atoms with van der Waals surface area (Å²) in [4.78, 5) is 11.8. The van der Waals surface area contributed by atoms with Crippen LogP contribution in [0, 0.1) is 6.92 Å². The fraction of sp³-hybridized carbons (Fsp3) is 0.421. The Morgan fingerprint density at radius 3 is 2.36 bits per heavy atom. The minimum absolute atomic E-state index is 0.0927. The summed E-state index contributed by atoms with van der Waals surface area (Å²) in [5, 5.41) is 0.118. The van der Waals surface area contributed by atoms with E-state index in [1.165, 1.54) is 5.56 Å². The van der Waals surface area contributed by atoms with Crippen LogP contribution in [0.1, 0.15) is 46.7 Å². The number of furan rings is 1. The third kappa shape index (κ3) is 2.19. The van der Waals surface area contributed by atoms with Crippen molar-refractivity contribution in [3.05, 3.63) is 59.0 Å². The van der Waals surface area contributed by atoms with Gasteiger partial charge in [0.1, 0.15) is 11.5 Å². The highest BCUT2D eigenvalue weighted by atomic mass is 28.3. The number of aryl methyl sites for hydroxylation is 1. The van der Waals surface area contributed by atoms with Crippen LogP contribution in [0.2, 0.25) is 19.6 Å². The number of hydrogen-bond donors (Lipinski definition) is 0. The summed E-state index contributed by atoms with van der Waals surface area (Å²) in [6.07, 6.45) is 1.14. The van der Waals surface area contributed by atoms with Crippen molar-refractivity contribution >= 4 is 13.9 Å². The van der Waals surface area contributed by atoms with Gasteiger partial charge >= 0.3 is 0 Å². The summed E-state index contributed by atoms with van der Waals surface area (Å²) in [6.45, 7) is 10.7. The summed E-state index contributed by atoms with van der Waals surface area (Å²) in [6, 6.07) is 12.7. The van der Waals surface area contributed by atoms with Crippen LogP contribution in [0.3, 0.4) is 0 Å². The molecule has 0 unspecified atom stereocenters. The molecule has 2 aromatic rings. The quantitative estimate of drug-likeness (QED) is 0.581. The van der Waals surface area contributed by atoms with E-state index >= 15 is 0 Å². The van der Waals surface area contributed by atoms with Crippen molar-refractivity contribution in [1.82, 2.24) is 0 Å². The molecular formula is C19H24O2Si. The smallest absolute Gasteiger partial charge is 0.163 e. The first kappa shape index (κ1) is 15.3. The van der Waals surface area contributed by atoms with Crippen molar-refractivity contribution in [1.29, 1.82) is 0 Å². The maximum absolute atomic E-state index is 11.8. The molecule has 22 heavy (non-hydrogen) atoms. The van der Waals surface area contributed by atoms with E-state index in [9.17, 15) is 4.79 Å². The van der Waals surface area contributed by atoms with Crippen molar-refractivity contribution in [3.8, 4) is 0 Å². The molecule has 0 saturated heterocycles. The lowest BCUT2D eigenvalue weighted by Gasteiger charge is -2.29. The van der Waals surface area contributed by atoms with Crippen molar-refractivity contribution in [3.63, 3.8) is 0 Å². The highest BCUT2D eigenvalue weighted by Crippen LogP contribution is 2.65. The standard InChI is InChI=1S/C19H24O2Si/c1-13(20)16-11-18(21-14(16)2)19(22(3,4)5)12-17(19)15-9-7-6-8-10-15/h6-11,17H,12H2,1-5H3/t17-,19+/m0/s1. The maximum Gasteiger partial charge on any atom is 0.163 e. The molecule has 2 nitrogen and oxygen atoms in total. The molecule has 1 aliphatic rings. The second-order valence-electron chi connectivity index (χ2n) is 7.53. The number of rotatable bonds is 4. The first-order valence-electron chi connectivity index (χ1n) is 7.94. The minimum Gasteiger partial charge on any atom is -0.465 e. The van der Waals surface area contributed by atoms with E-state index in [1.54, 1.807) is 6.92 Å². The molecule has 1 aliphatic carbocycles. The SMILES string of the molecule is CC(=O)c1cc([C@@]2([Si](C)(C)C)C[C@H]2c2ccccc2)oc1C. The zero-order valence-corrected chi connectivity index (χ0v) is 15.1. The van der Waals surface area contributed by atoms with Gasteiger partial charge in [-0.15, -0.1) is 0 Å². The molecular weight excluding hydrogens is 288 g/mol. The summed E-state index contributed by atoms with van der Waals surface area (Å²) in [5.74, 6) is 2.41. The largest absolute Gasteiger partial charge is 0.465 e. The summed E-state index contributed by atoms with van der Waals surface area (Å²) < 4.78 is 6.10. The van der Waals surface area contributed by atoms with Gasteiger partial charge in [-0.1, -0.05) is 50.0 Å². The van der Waals surface area contributed by atoms with Crippen LogP contribution in [0.5, 0.6) is 0 Å². The Morgan fingerprint density at radius 1 is 1.23 bits per heavy atom. The lowest BCUT2D eigenvalue weighted by atomic mass is 10.1. The maximum atomic E-state index is 11.8. The molecule has 0 spiro atoms. The zero-order valence-electron chi connectivity index (χ0n) is 14.1. The Morgan fingerprint density at radius 2 is 1.86 bits per heavy atom. The van der Waals surface area contributed by atoms with Gasteiger partial charge in [0.2, 0.25) is 0 Å². The first-order chi connectivity index (χ1) is 10.3. The van der Waals surface area contributed by atoms with Gasteiger partial charge in [0.05, 0.1) is 13.6 Å². The first-order valence-corrected chi connectivity index (χ1v) is 11.4. The highest BCUT2D eigenvalue weighted by Gasteiger charge is 2.65. The topological polar surface area (TPSA) is 30.2 Å². The molecule has 0 aliphatic heterocycles. The Kier molecular flexibility index (Phi) is 3.44. The number of carbonyl (C=O) groups is 1. The molecule has 3 rings (SSSR count). The Bertz CT molecular complexity index is 709. The van der Waals surface area contributed by atoms with E-state index < -0.39 is 8.07 Å². The van der Waals surface area contributed by atoms with Crippen LogP contribution >= 0.6 is 0 Å². The fourth-order valence-corrected chi connectivity index (χ4v) is 6.76. The molecule has 1 aromatic carbocycles. The lowest BCUT2D eigenvalue weighted by molar-refractivity contribution is 0.101. The number of ketones is 1. The second-order valence-corrected chi connectivity index (χ2v) is 12.9. The van der Waals surface area contributed by atoms with Crippen molar-refractivity contribution in [2.24, 2.45) is 0 Å². The van der Waals surface area contributed by atoms with Gasteiger partial charge in [-0.05, 0) is 37.8 Å². The summed E-state index contributed by atoms with van der Waals surface area (Å²) >= 11 is 0. The van der Waals surface area contributed by atoms with Gasteiger partial charge in [-0.25, -0.2) is 0 Å². The van der Waals surface area contributed by atoms with Crippen molar-refractivity contribution in [2.45, 2.75) is 50.9 Å². The van der Waals surface area contributed by atoms with Crippen LogP contribution in [-0.4, -0.2) is 13.9 Å². The summed E-state index contributed by atoms with van der Waals surface area (Å²) in [5.41, 5.74) is 2.13. The Balaban J connectivity index is 2.07. The number of Topliss-reactive ketones (excluding diaryl/α,β-unsaturated/α-hetero) is 1. The van der Waals surface area contributed by atoms with E-state index in [1.807, 2.05) is 13.0 Å². The van der Waals surface area contributed by atoms with Gasteiger partial charge in [0.25, 0.3) is 0 Å². The fourth-order valence-electron chi connectivity index (χ4n) is 3.87. The molecule has 0 N–H and O–H groups in total. The van der Waals surface area contributed by atoms with Gasteiger partial charge in [0.15, 0.2) is 5.78 Å². The molecule has 1 aromatic heterocycles. The highest BCUT2D eigenvalue weighted by molar-refractivity contribution is 6.80. The third-order valence-electron chi connectivity index (χ3n) is 5.24. The van der Waals surface area contributed by atoms with Gasteiger partial charge < -0.3 is 4.42 Å². The summed E-state index contributed by atoms with van der Waals surface area (Å²) in [7, 11) is -1.51. The molecule has 1 fully saturated rings. The molecule has 116 valence electrons. The number of hydrogen-bond acceptors (Lipinski definition) is 2. The van der Waals surface area contributed by atoms with Crippen LogP contribution in [0.4, 0.5) is 0 Å². The van der Waals surface area contributed by atoms with Gasteiger partial charge in [-0.2, -0.15) is 0 Å². The normalized spacial score (nSPS) is 24.3. The van der Waals surface area contributed by atoms with E-state index in [-0.39, 0.29) is 10.8 Å². The zero-order chi connectivity index (χ0) is 16.1. The molecule has 2 atom stereocenters. The number of benzene rings is 1. The van der Waals surface area contributed by atoms with E-state index in [4.69, 9.17) is 4.42 Å².